The minimum atomic E-state index is -0.481. The van der Waals surface area contributed by atoms with Crippen LogP contribution in [0.15, 0.2) is 36.4 Å². The van der Waals surface area contributed by atoms with Gasteiger partial charge in [0.15, 0.2) is 0 Å². The van der Waals surface area contributed by atoms with Crippen molar-refractivity contribution in [2.24, 2.45) is 0 Å². The number of hydrogen-bond donors (Lipinski definition) is 1. The zero-order valence-electron chi connectivity index (χ0n) is 15.2. The summed E-state index contributed by atoms with van der Waals surface area (Å²) in [4.78, 5) is 15.7. The molecule has 6 heteroatoms. The van der Waals surface area contributed by atoms with Crippen LogP contribution in [0, 0.1) is 0 Å². The Morgan fingerprint density at radius 1 is 1.07 bits per heavy atom. The lowest BCUT2D eigenvalue weighted by atomic mass is 9.86. The number of benzene rings is 2. The number of hydrogen-bond acceptors (Lipinski definition) is 3. The Balaban J connectivity index is 1.64. The van der Waals surface area contributed by atoms with Crippen molar-refractivity contribution in [1.82, 2.24) is 10.2 Å². The quantitative estimate of drug-likeness (QED) is 0.795. The summed E-state index contributed by atoms with van der Waals surface area (Å²) in [5.41, 5.74) is 1.56. The van der Waals surface area contributed by atoms with E-state index >= 15 is 0 Å². The third-order valence-electron chi connectivity index (χ3n) is 5.43. The molecule has 2 aromatic rings. The molecule has 4 nitrogen and oxygen atoms in total. The van der Waals surface area contributed by atoms with E-state index in [0.717, 1.165) is 43.6 Å². The van der Waals surface area contributed by atoms with E-state index in [1.807, 2.05) is 24.3 Å². The molecule has 1 amide bonds. The average Bonchev–Trinajstić information content (AvgIpc) is 2.67. The SMILES string of the molecule is CCN1CCC(NC(=O)C2c3cc(Cl)ccc3Oc3ccc(Cl)cc32)CC1. The molecule has 0 bridgehead atoms. The highest BCUT2D eigenvalue weighted by Crippen LogP contribution is 2.46. The summed E-state index contributed by atoms with van der Waals surface area (Å²) < 4.78 is 5.98. The summed E-state index contributed by atoms with van der Waals surface area (Å²) in [5, 5.41) is 4.41. The molecular formula is C21H22Cl2N2O2. The summed E-state index contributed by atoms with van der Waals surface area (Å²) in [5.74, 6) is 0.816. The van der Waals surface area contributed by atoms with Gasteiger partial charge in [-0.1, -0.05) is 30.1 Å². The van der Waals surface area contributed by atoms with Gasteiger partial charge in [-0.2, -0.15) is 0 Å². The van der Waals surface area contributed by atoms with Gasteiger partial charge < -0.3 is 15.0 Å². The fraction of sp³-hybridized carbons (Fsp3) is 0.381. The first kappa shape index (κ1) is 18.6. The summed E-state index contributed by atoms with van der Waals surface area (Å²) >= 11 is 12.4. The summed E-state index contributed by atoms with van der Waals surface area (Å²) in [7, 11) is 0. The van der Waals surface area contributed by atoms with Crippen LogP contribution in [0.2, 0.25) is 10.0 Å². The van der Waals surface area contributed by atoms with Crippen molar-refractivity contribution in [1.29, 1.82) is 0 Å². The number of rotatable bonds is 3. The minimum Gasteiger partial charge on any atom is -0.457 e. The first-order valence-corrected chi connectivity index (χ1v) is 10.1. The van der Waals surface area contributed by atoms with Crippen molar-refractivity contribution in [2.45, 2.75) is 31.7 Å². The van der Waals surface area contributed by atoms with Crippen molar-refractivity contribution >= 4 is 29.1 Å². The van der Waals surface area contributed by atoms with Gasteiger partial charge in [0.05, 0.1) is 5.92 Å². The number of piperidine rings is 1. The van der Waals surface area contributed by atoms with Gasteiger partial charge in [-0.25, -0.2) is 0 Å². The lowest BCUT2D eigenvalue weighted by Crippen LogP contribution is -2.46. The van der Waals surface area contributed by atoms with Crippen molar-refractivity contribution in [3.8, 4) is 11.5 Å². The zero-order valence-corrected chi connectivity index (χ0v) is 16.7. The van der Waals surface area contributed by atoms with Crippen LogP contribution in [0.5, 0.6) is 11.5 Å². The molecule has 2 aliphatic rings. The lowest BCUT2D eigenvalue weighted by molar-refractivity contribution is -0.122. The number of nitrogens with zero attached hydrogens (tertiary/aromatic N) is 1. The highest BCUT2D eigenvalue weighted by molar-refractivity contribution is 6.31. The predicted octanol–water partition coefficient (Wildman–Crippen LogP) is 4.83. The van der Waals surface area contributed by atoms with Crippen molar-refractivity contribution in [2.75, 3.05) is 19.6 Å². The van der Waals surface area contributed by atoms with Gasteiger partial charge in [0.1, 0.15) is 11.5 Å². The molecule has 142 valence electrons. The minimum absolute atomic E-state index is 0.0275. The maximum Gasteiger partial charge on any atom is 0.232 e. The molecule has 0 aromatic heterocycles. The molecule has 1 saturated heterocycles. The van der Waals surface area contributed by atoms with Crippen LogP contribution >= 0.6 is 23.2 Å². The fourth-order valence-electron chi connectivity index (χ4n) is 3.92. The molecule has 4 rings (SSSR count). The molecule has 0 radical (unpaired) electrons. The van der Waals surface area contributed by atoms with E-state index in [1.54, 1.807) is 12.1 Å². The molecule has 27 heavy (non-hydrogen) atoms. The Morgan fingerprint density at radius 2 is 1.63 bits per heavy atom. The number of ether oxygens (including phenoxy) is 1. The fourth-order valence-corrected chi connectivity index (χ4v) is 4.28. The first-order valence-electron chi connectivity index (χ1n) is 9.34. The van der Waals surface area contributed by atoms with Crippen LogP contribution < -0.4 is 10.1 Å². The number of amides is 1. The van der Waals surface area contributed by atoms with E-state index in [4.69, 9.17) is 27.9 Å². The maximum atomic E-state index is 13.3. The molecule has 1 fully saturated rings. The van der Waals surface area contributed by atoms with Gasteiger partial charge in [-0.3, -0.25) is 4.79 Å². The molecule has 0 spiro atoms. The van der Waals surface area contributed by atoms with Crippen LogP contribution in [0.1, 0.15) is 36.8 Å². The van der Waals surface area contributed by atoms with E-state index in [9.17, 15) is 4.79 Å². The summed E-state index contributed by atoms with van der Waals surface area (Å²) in [6, 6.07) is 11.0. The molecule has 0 unspecified atom stereocenters. The number of nitrogens with one attached hydrogen (secondary N) is 1. The topological polar surface area (TPSA) is 41.6 Å². The molecule has 0 atom stereocenters. The Kier molecular flexibility index (Phi) is 5.31. The van der Waals surface area contributed by atoms with Crippen LogP contribution in [0.25, 0.3) is 0 Å². The van der Waals surface area contributed by atoms with E-state index in [2.05, 4.69) is 17.1 Å². The Labute approximate surface area is 169 Å². The lowest BCUT2D eigenvalue weighted by Gasteiger charge is -2.33. The summed E-state index contributed by atoms with van der Waals surface area (Å²) in [6.07, 6.45) is 1.93. The third-order valence-corrected chi connectivity index (χ3v) is 5.90. The maximum absolute atomic E-state index is 13.3. The van der Waals surface area contributed by atoms with Crippen LogP contribution in [-0.4, -0.2) is 36.5 Å². The molecule has 0 saturated carbocycles. The molecule has 2 aliphatic heterocycles. The first-order chi connectivity index (χ1) is 13.0. The van der Waals surface area contributed by atoms with Gasteiger partial charge in [-0.05, 0) is 55.8 Å². The zero-order chi connectivity index (χ0) is 19.0. The number of carbonyl (C=O) groups is 1. The molecule has 2 heterocycles. The largest absolute Gasteiger partial charge is 0.457 e. The average molecular weight is 405 g/mol. The van der Waals surface area contributed by atoms with Gasteiger partial charge in [0, 0.05) is 40.3 Å². The van der Waals surface area contributed by atoms with Gasteiger partial charge >= 0.3 is 0 Å². The van der Waals surface area contributed by atoms with Crippen LogP contribution in [-0.2, 0) is 4.79 Å². The van der Waals surface area contributed by atoms with E-state index in [-0.39, 0.29) is 11.9 Å². The third kappa shape index (κ3) is 3.79. The van der Waals surface area contributed by atoms with Gasteiger partial charge in [-0.15, -0.1) is 0 Å². The summed E-state index contributed by atoms with van der Waals surface area (Å²) in [6.45, 7) is 5.25. The van der Waals surface area contributed by atoms with Crippen LogP contribution in [0.4, 0.5) is 0 Å². The Bertz CT molecular complexity index is 812. The normalized spacial score (nSPS) is 17.7. The van der Waals surface area contributed by atoms with Gasteiger partial charge in [0.2, 0.25) is 5.91 Å². The van der Waals surface area contributed by atoms with Gasteiger partial charge in [0.25, 0.3) is 0 Å². The number of likely N-dealkylation sites (tertiary alicyclic amines) is 1. The second-order valence-electron chi connectivity index (χ2n) is 7.12. The van der Waals surface area contributed by atoms with E-state index in [1.165, 1.54) is 0 Å². The standard InChI is InChI=1S/C21H22Cl2N2O2/c1-2-25-9-7-15(8-10-25)24-21(26)20-16-11-13(22)3-5-18(16)27-19-6-4-14(23)12-17(19)20/h3-6,11-12,15,20H,2,7-10H2,1H3,(H,24,26). The monoisotopic (exact) mass is 404 g/mol. The smallest absolute Gasteiger partial charge is 0.232 e. The second-order valence-corrected chi connectivity index (χ2v) is 7.99. The van der Waals surface area contributed by atoms with E-state index < -0.39 is 5.92 Å². The highest BCUT2D eigenvalue weighted by atomic mass is 35.5. The molecule has 2 aromatic carbocycles. The highest BCUT2D eigenvalue weighted by Gasteiger charge is 2.34. The second kappa shape index (κ2) is 7.70. The Morgan fingerprint density at radius 3 is 2.15 bits per heavy atom. The molecule has 0 aliphatic carbocycles. The molecule has 1 N–H and O–H groups in total. The van der Waals surface area contributed by atoms with Crippen molar-refractivity contribution in [3.63, 3.8) is 0 Å². The molecular weight excluding hydrogens is 383 g/mol. The Hall–Kier alpha value is -1.75. The van der Waals surface area contributed by atoms with Crippen LogP contribution in [0.3, 0.4) is 0 Å². The van der Waals surface area contributed by atoms with Crippen molar-refractivity contribution in [3.05, 3.63) is 57.6 Å². The number of fused-ring (bicyclic) bond motifs is 2. The van der Waals surface area contributed by atoms with Crippen molar-refractivity contribution < 1.29 is 9.53 Å². The predicted molar refractivity (Wildman–Crippen MR) is 108 cm³/mol. The number of halogens is 2. The number of carbonyl (C=O) groups excluding carboxylic acids is 1. The van der Waals surface area contributed by atoms with E-state index in [0.29, 0.717) is 21.5 Å².